The molecule has 0 radical (unpaired) electrons. The summed E-state index contributed by atoms with van der Waals surface area (Å²) < 4.78 is 0. The lowest BCUT2D eigenvalue weighted by Crippen LogP contribution is -2.34. The Morgan fingerprint density at radius 1 is 1.22 bits per heavy atom. The standard InChI is InChI=1S/C15H24N2S/c1-17(14-6-5-10-16-11-9-14)12-13-18-15-7-3-2-4-8-15/h2-4,7-8,14,16H,5-6,9-13H2,1H3. The molecule has 0 bridgehead atoms. The highest BCUT2D eigenvalue weighted by molar-refractivity contribution is 7.99. The van der Waals surface area contributed by atoms with Crippen LogP contribution in [0.4, 0.5) is 0 Å². The van der Waals surface area contributed by atoms with Crippen LogP contribution in [0.5, 0.6) is 0 Å². The largest absolute Gasteiger partial charge is 0.317 e. The summed E-state index contributed by atoms with van der Waals surface area (Å²) in [5.74, 6) is 1.18. The zero-order chi connectivity index (χ0) is 12.6. The third-order valence-corrected chi connectivity index (χ3v) is 4.62. The van der Waals surface area contributed by atoms with Gasteiger partial charge in [-0.15, -0.1) is 11.8 Å². The molecular formula is C15H24N2S. The molecule has 0 aliphatic carbocycles. The summed E-state index contributed by atoms with van der Waals surface area (Å²) >= 11 is 1.96. The van der Waals surface area contributed by atoms with Crippen LogP contribution in [-0.4, -0.2) is 43.4 Å². The minimum Gasteiger partial charge on any atom is -0.317 e. The van der Waals surface area contributed by atoms with E-state index in [0.29, 0.717) is 0 Å². The molecule has 1 aliphatic heterocycles. The average molecular weight is 264 g/mol. The molecule has 1 heterocycles. The van der Waals surface area contributed by atoms with Crippen molar-refractivity contribution in [2.45, 2.75) is 30.2 Å². The fraction of sp³-hybridized carbons (Fsp3) is 0.600. The van der Waals surface area contributed by atoms with Crippen LogP contribution in [0.2, 0.25) is 0 Å². The van der Waals surface area contributed by atoms with Crippen molar-refractivity contribution >= 4 is 11.8 Å². The first-order valence-corrected chi connectivity index (χ1v) is 7.93. The quantitative estimate of drug-likeness (QED) is 0.823. The molecule has 1 fully saturated rings. The number of thioether (sulfide) groups is 1. The van der Waals surface area contributed by atoms with Gasteiger partial charge < -0.3 is 10.2 Å². The molecule has 1 N–H and O–H groups in total. The summed E-state index contributed by atoms with van der Waals surface area (Å²) in [7, 11) is 2.28. The van der Waals surface area contributed by atoms with Crippen molar-refractivity contribution < 1.29 is 0 Å². The second kappa shape index (κ2) is 7.82. The van der Waals surface area contributed by atoms with E-state index < -0.39 is 0 Å². The molecule has 1 aliphatic rings. The third-order valence-electron chi connectivity index (χ3n) is 3.62. The van der Waals surface area contributed by atoms with Crippen molar-refractivity contribution in [3.8, 4) is 0 Å². The van der Waals surface area contributed by atoms with E-state index in [1.165, 1.54) is 49.5 Å². The summed E-state index contributed by atoms with van der Waals surface area (Å²) in [6.07, 6.45) is 3.97. The van der Waals surface area contributed by atoms with Crippen LogP contribution >= 0.6 is 11.8 Å². The van der Waals surface area contributed by atoms with Gasteiger partial charge in [-0.3, -0.25) is 0 Å². The molecule has 1 saturated heterocycles. The minimum atomic E-state index is 0.774. The first-order chi connectivity index (χ1) is 8.86. The molecule has 1 aromatic carbocycles. The molecule has 0 spiro atoms. The van der Waals surface area contributed by atoms with Gasteiger partial charge in [0.1, 0.15) is 0 Å². The fourth-order valence-corrected chi connectivity index (χ4v) is 3.41. The predicted molar refractivity (Wildman–Crippen MR) is 80.3 cm³/mol. The smallest absolute Gasteiger partial charge is 0.0108 e. The average Bonchev–Trinajstić information content (AvgIpc) is 2.69. The summed E-state index contributed by atoms with van der Waals surface area (Å²) in [5.41, 5.74) is 0. The zero-order valence-corrected chi connectivity index (χ0v) is 12.1. The minimum absolute atomic E-state index is 0.774. The first kappa shape index (κ1) is 13.9. The Morgan fingerprint density at radius 2 is 2.06 bits per heavy atom. The molecule has 0 amide bonds. The van der Waals surface area contributed by atoms with E-state index in [-0.39, 0.29) is 0 Å². The molecule has 0 aromatic heterocycles. The van der Waals surface area contributed by atoms with Gasteiger partial charge in [-0.1, -0.05) is 18.2 Å². The van der Waals surface area contributed by atoms with Gasteiger partial charge in [-0.05, 0) is 51.5 Å². The van der Waals surface area contributed by atoms with Crippen LogP contribution < -0.4 is 5.32 Å². The van der Waals surface area contributed by atoms with Gasteiger partial charge in [0, 0.05) is 23.2 Å². The van der Waals surface area contributed by atoms with E-state index in [9.17, 15) is 0 Å². The van der Waals surface area contributed by atoms with Crippen LogP contribution in [0, 0.1) is 0 Å². The highest BCUT2D eigenvalue weighted by Crippen LogP contribution is 2.18. The molecule has 18 heavy (non-hydrogen) atoms. The monoisotopic (exact) mass is 264 g/mol. The summed E-state index contributed by atoms with van der Waals surface area (Å²) in [6, 6.07) is 11.5. The predicted octanol–water partition coefficient (Wildman–Crippen LogP) is 2.85. The van der Waals surface area contributed by atoms with E-state index >= 15 is 0 Å². The van der Waals surface area contributed by atoms with Gasteiger partial charge in [-0.25, -0.2) is 0 Å². The SMILES string of the molecule is CN(CCSc1ccccc1)C1CCCNCC1. The van der Waals surface area contributed by atoms with Gasteiger partial charge in [-0.2, -0.15) is 0 Å². The lowest BCUT2D eigenvalue weighted by molar-refractivity contribution is 0.237. The molecule has 100 valence electrons. The highest BCUT2D eigenvalue weighted by Gasteiger charge is 2.15. The molecule has 0 saturated carbocycles. The maximum atomic E-state index is 3.48. The van der Waals surface area contributed by atoms with Crippen LogP contribution in [-0.2, 0) is 0 Å². The molecule has 1 atom stereocenters. The van der Waals surface area contributed by atoms with Crippen LogP contribution in [0.1, 0.15) is 19.3 Å². The second-order valence-corrected chi connectivity index (χ2v) is 6.15. The maximum absolute atomic E-state index is 3.48. The Hall–Kier alpha value is -0.510. The second-order valence-electron chi connectivity index (χ2n) is 4.98. The van der Waals surface area contributed by atoms with E-state index in [4.69, 9.17) is 0 Å². The van der Waals surface area contributed by atoms with Crippen molar-refractivity contribution in [2.75, 3.05) is 32.4 Å². The molecular weight excluding hydrogens is 240 g/mol. The Bertz CT molecular complexity index is 321. The van der Waals surface area contributed by atoms with Crippen molar-refractivity contribution in [2.24, 2.45) is 0 Å². The Kier molecular flexibility index (Phi) is 6.05. The summed E-state index contributed by atoms with van der Waals surface area (Å²) in [4.78, 5) is 3.93. The number of hydrogen-bond acceptors (Lipinski definition) is 3. The number of hydrogen-bond donors (Lipinski definition) is 1. The van der Waals surface area contributed by atoms with Crippen LogP contribution in [0.3, 0.4) is 0 Å². The molecule has 3 heteroatoms. The van der Waals surface area contributed by atoms with Gasteiger partial charge >= 0.3 is 0 Å². The molecule has 1 unspecified atom stereocenters. The van der Waals surface area contributed by atoms with Gasteiger partial charge in [0.2, 0.25) is 0 Å². The normalized spacial score (nSPS) is 20.9. The zero-order valence-electron chi connectivity index (χ0n) is 11.3. The summed E-state index contributed by atoms with van der Waals surface area (Å²) in [6.45, 7) is 3.56. The molecule has 1 aromatic rings. The van der Waals surface area contributed by atoms with E-state index in [0.717, 1.165) is 6.04 Å². The van der Waals surface area contributed by atoms with Gasteiger partial charge in [0.15, 0.2) is 0 Å². The lowest BCUT2D eigenvalue weighted by atomic mass is 10.1. The van der Waals surface area contributed by atoms with Crippen molar-refractivity contribution in [1.82, 2.24) is 10.2 Å². The van der Waals surface area contributed by atoms with Crippen molar-refractivity contribution in [3.05, 3.63) is 30.3 Å². The number of rotatable bonds is 5. The van der Waals surface area contributed by atoms with Crippen molar-refractivity contribution in [1.29, 1.82) is 0 Å². The van der Waals surface area contributed by atoms with E-state index in [2.05, 4.69) is 47.6 Å². The molecule has 2 nitrogen and oxygen atoms in total. The molecule has 2 rings (SSSR count). The number of benzene rings is 1. The van der Waals surface area contributed by atoms with Crippen LogP contribution in [0.25, 0.3) is 0 Å². The Morgan fingerprint density at radius 3 is 2.89 bits per heavy atom. The topological polar surface area (TPSA) is 15.3 Å². The Balaban J connectivity index is 1.69. The third kappa shape index (κ3) is 4.63. The van der Waals surface area contributed by atoms with Crippen molar-refractivity contribution in [3.63, 3.8) is 0 Å². The van der Waals surface area contributed by atoms with Gasteiger partial charge in [0.05, 0.1) is 0 Å². The number of nitrogens with one attached hydrogen (secondary N) is 1. The van der Waals surface area contributed by atoms with E-state index in [1.54, 1.807) is 0 Å². The van der Waals surface area contributed by atoms with E-state index in [1.807, 2.05) is 11.8 Å². The first-order valence-electron chi connectivity index (χ1n) is 6.95. The highest BCUT2D eigenvalue weighted by atomic mass is 32.2. The van der Waals surface area contributed by atoms with Crippen LogP contribution in [0.15, 0.2) is 35.2 Å². The number of nitrogens with zero attached hydrogens (tertiary/aromatic N) is 1. The lowest BCUT2D eigenvalue weighted by Gasteiger charge is -2.26. The Labute approximate surface area is 115 Å². The fourth-order valence-electron chi connectivity index (χ4n) is 2.45. The maximum Gasteiger partial charge on any atom is 0.0108 e. The summed E-state index contributed by atoms with van der Waals surface area (Å²) in [5, 5.41) is 3.48. The van der Waals surface area contributed by atoms with Gasteiger partial charge in [0.25, 0.3) is 0 Å².